The average Bonchev–Trinajstić information content (AvgIpc) is 3.24. The summed E-state index contributed by atoms with van der Waals surface area (Å²) >= 11 is 0. The van der Waals surface area contributed by atoms with Crippen LogP contribution >= 0.6 is 0 Å². The second-order valence-corrected chi connectivity index (χ2v) is 22.8. The van der Waals surface area contributed by atoms with E-state index in [-0.39, 0.29) is 50.7 Å². The molecule has 0 aromatic rings. The van der Waals surface area contributed by atoms with Crippen LogP contribution in [0.5, 0.6) is 0 Å². The third-order valence-electron chi connectivity index (χ3n) is 5.48. The van der Waals surface area contributed by atoms with Crippen molar-refractivity contribution in [3.05, 3.63) is 60.4 Å². The van der Waals surface area contributed by atoms with E-state index in [4.69, 9.17) is 0 Å². The van der Waals surface area contributed by atoms with Crippen molar-refractivity contribution in [3.8, 4) is 0 Å². The van der Waals surface area contributed by atoms with Crippen LogP contribution in [0.25, 0.3) is 0 Å². The zero-order chi connectivity index (χ0) is 17.4. The van der Waals surface area contributed by atoms with Gasteiger partial charge in [0.1, 0.15) is 0 Å². The molecule has 0 N–H and O–H groups in total. The van der Waals surface area contributed by atoms with Gasteiger partial charge in [0.05, 0.1) is 0 Å². The molecule has 27 heavy (non-hydrogen) atoms. The van der Waals surface area contributed by atoms with Crippen molar-refractivity contribution in [3.63, 3.8) is 0 Å². The number of fused-ring (bicyclic) bond motifs is 2. The topological polar surface area (TPSA) is 0 Å². The van der Waals surface area contributed by atoms with Crippen LogP contribution in [0.2, 0.25) is 26.2 Å². The normalized spacial score (nSPS) is 23.9. The fourth-order valence-corrected chi connectivity index (χ4v) is 3.33. The van der Waals surface area contributed by atoms with Crippen molar-refractivity contribution >= 4 is 16.6 Å². The molecule has 0 amide bonds. The van der Waals surface area contributed by atoms with E-state index in [1.165, 1.54) is 38.5 Å². The standard InChI is InChI=1S/2C9H11.C4H14Si2.2ClH.Hf/c2*1-2-5-9-7-3-6-8(9)4-1;1-5-6(2,3)4;;;/h2*1-2,4,6,9H,3,5,7H2;5H2,1-4H3;2*1H;/q2*-1;;;;+4/p-2. The van der Waals surface area contributed by atoms with E-state index in [0.29, 0.717) is 9.04 Å². The molecule has 0 nitrogen and oxygen atoms in total. The molecular weight excluding hydrogens is 570 g/mol. The van der Waals surface area contributed by atoms with Gasteiger partial charge in [-0.3, -0.25) is 0 Å². The Labute approximate surface area is 203 Å². The molecule has 2 unspecified atom stereocenters. The number of allylic oxidation sites excluding steroid dienone is 8. The monoisotopic (exact) mass is 606 g/mol. The van der Waals surface area contributed by atoms with Crippen molar-refractivity contribution in [1.29, 1.82) is 0 Å². The quantitative estimate of drug-likeness (QED) is 0.292. The Hall–Kier alpha value is 0.584. The van der Waals surface area contributed by atoms with Crippen molar-refractivity contribution in [2.24, 2.45) is 11.8 Å². The van der Waals surface area contributed by atoms with E-state index in [2.05, 4.69) is 75.5 Å². The molecule has 2 fully saturated rings. The largest absolute Gasteiger partial charge is 4.00 e. The smallest absolute Gasteiger partial charge is 1.00 e. The molecular formula is C22H36Cl2HfSi2. The predicted molar refractivity (Wildman–Crippen MR) is 115 cm³/mol. The van der Waals surface area contributed by atoms with E-state index in [0.717, 1.165) is 11.8 Å². The second kappa shape index (κ2) is 15.4. The molecule has 0 heterocycles. The summed E-state index contributed by atoms with van der Waals surface area (Å²) in [4.78, 5) is 0. The summed E-state index contributed by atoms with van der Waals surface area (Å²) in [6.45, 7) is 9.74. The Kier molecular flexibility index (Phi) is 17.0. The van der Waals surface area contributed by atoms with Gasteiger partial charge in [-0.15, -0.1) is 37.1 Å². The molecule has 0 saturated heterocycles. The molecule has 4 aliphatic rings. The first-order valence-corrected chi connectivity index (χ1v) is 17.1. The maximum Gasteiger partial charge on any atom is 4.00 e. The summed E-state index contributed by atoms with van der Waals surface area (Å²) < 4.78 is 0. The minimum absolute atomic E-state index is 0. The third kappa shape index (κ3) is 11.4. The van der Waals surface area contributed by atoms with Crippen LogP contribution in [0.1, 0.15) is 38.5 Å². The van der Waals surface area contributed by atoms with Crippen LogP contribution in [-0.4, -0.2) is 16.6 Å². The first-order chi connectivity index (χ1) is 11.5. The Morgan fingerprint density at radius 1 is 0.852 bits per heavy atom. The number of halogens is 2. The van der Waals surface area contributed by atoms with E-state index in [1.807, 2.05) is 0 Å². The number of hydrogen-bond acceptors (Lipinski definition) is 0. The zero-order valence-corrected chi connectivity index (χ0v) is 25.0. The first kappa shape index (κ1) is 29.8. The molecule has 0 radical (unpaired) electrons. The molecule has 4 rings (SSSR count). The number of rotatable bonds is 1. The van der Waals surface area contributed by atoms with Gasteiger partial charge in [0, 0.05) is 16.6 Å². The summed E-state index contributed by atoms with van der Waals surface area (Å²) in [7, 11) is -0.101. The molecule has 0 bridgehead atoms. The van der Waals surface area contributed by atoms with Gasteiger partial charge in [-0.1, -0.05) is 39.0 Å². The zero-order valence-electron chi connectivity index (χ0n) is 17.5. The molecule has 2 saturated carbocycles. The van der Waals surface area contributed by atoms with Gasteiger partial charge in [0.2, 0.25) is 0 Å². The summed E-state index contributed by atoms with van der Waals surface area (Å²) in [6.07, 6.45) is 26.1. The Bertz CT molecular complexity index is 479. The summed E-state index contributed by atoms with van der Waals surface area (Å²) in [6, 6.07) is 0. The van der Waals surface area contributed by atoms with Gasteiger partial charge in [0.25, 0.3) is 0 Å². The maximum absolute atomic E-state index is 2.44. The minimum atomic E-state index is -0.492. The summed E-state index contributed by atoms with van der Waals surface area (Å²) in [5.74, 6) is 1.77. The number of hydrogen-bond donors (Lipinski definition) is 0. The van der Waals surface area contributed by atoms with Gasteiger partial charge in [-0.25, -0.2) is 36.1 Å². The van der Waals surface area contributed by atoms with Gasteiger partial charge < -0.3 is 24.8 Å². The van der Waals surface area contributed by atoms with Crippen LogP contribution in [0.3, 0.4) is 0 Å². The molecule has 150 valence electrons. The molecule has 0 aromatic heterocycles. The molecule has 0 aromatic carbocycles. The van der Waals surface area contributed by atoms with Gasteiger partial charge in [-0.05, 0) is 24.7 Å². The van der Waals surface area contributed by atoms with Gasteiger partial charge in [-0.2, -0.15) is 0 Å². The molecule has 2 atom stereocenters. The summed E-state index contributed by atoms with van der Waals surface area (Å²) in [5.41, 5.74) is 3.16. The van der Waals surface area contributed by atoms with Crippen LogP contribution in [0, 0.1) is 24.7 Å². The molecule has 0 spiro atoms. The SMILES string of the molecule is C1=CCC2CC[CH-]C2=C1.C1=CCC2CC[CH-]C2=C1.C[SiH2][Si](C)(C)C.[Cl-].[Cl-].[Hf+4]. The van der Waals surface area contributed by atoms with Crippen LogP contribution in [-0.2, 0) is 25.8 Å². The summed E-state index contributed by atoms with van der Waals surface area (Å²) in [5, 5.41) is 0. The van der Waals surface area contributed by atoms with Crippen molar-refractivity contribution < 1.29 is 50.7 Å². The average molecular weight is 606 g/mol. The predicted octanol–water partition coefficient (Wildman–Crippen LogP) is 0.0177. The van der Waals surface area contributed by atoms with Crippen molar-refractivity contribution in [1.82, 2.24) is 0 Å². The maximum atomic E-state index is 2.44. The molecule has 5 heteroatoms. The molecule has 0 aliphatic heterocycles. The van der Waals surface area contributed by atoms with Gasteiger partial charge in [0.15, 0.2) is 0 Å². The Balaban J connectivity index is 0. The van der Waals surface area contributed by atoms with E-state index in [9.17, 15) is 0 Å². The Morgan fingerprint density at radius 2 is 1.22 bits per heavy atom. The second-order valence-electron chi connectivity index (χ2n) is 8.53. The minimum Gasteiger partial charge on any atom is -1.00 e. The van der Waals surface area contributed by atoms with E-state index >= 15 is 0 Å². The third-order valence-corrected chi connectivity index (χ3v) is 14.0. The molecule has 4 aliphatic carbocycles. The Morgan fingerprint density at radius 3 is 1.52 bits per heavy atom. The first-order valence-electron chi connectivity index (χ1n) is 9.89. The van der Waals surface area contributed by atoms with Crippen LogP contribution < -0.4 is 24.8 Å². The van der Waals surface area contributed by atoms with Crippen molar-refractivity contribution in [2.75, 3.05) is 0 Å². The fourth-order valence-electron chi connectivity index (χ4n) is 3.33. The fraction of sp³-hybridized carbons (Fsp3) is 0.545. The van der Waals surface area contributed by atoms with Crippen LogP contribution in [0.4, 0.5) is 0 Å². The van der Waals surface area contributed by atoms with Crippen molar-refractivity contribution in [2.45, 2.75) is 64.7 Å². The van der Waals surface area contributed by atoms with Gasteiger partial charge >= 0.3 is 25.8 Å². The van der Waals surface area contributed by atoms with E-state index in [1.54, 1.807) is 11.1 Å². The van der Waals surface area contributed by atoms with E-state index < -0.39 is 7.59 Å². The van der Waals surface area contributed by atoms with Crippen LogP contribution in [0.15, 0.2) is 47.6 Å².